The van der Waals surface area contributed by atoms with Gasteiger partial charge in [0.2, 0.25) is 0 Å². The average Bonchev–Trinajstić information content (AvgIpc) is 3.18. The average molecular weight is 814 g/mol. The number of allylic oxidation sites excluding steroid dienone is 18. The maximum atomic E-state index is 12.6. The van der Waals surface area contributed by atoms with Gasteiger partial charge in [-0.15, -0.1) is 0 Å². The summed E-state index contributed by atoms with van der Waals surface area (Å²) in [5.41, 5.74) is 0. The van der Waals surface area contributed by atoms with E-state index in [-0.39, 0.29) is 26.1 Å². The second kappa shape index (κ2) is 40.9. The van der Waals surface area contributed by atoms with Crippen molar-refractivity contribution in [2.45, 2.75) is 136 Å². The number of unbranched alkanes of at least 4 members (excludes halogenated alkanes) is 5. The second-order valence-electron chi connectivity index (χ2n) is 13.8. The van der Waals surface area contributed by atoms with Gasteiger partial charge >= 0.3 is 19.8 Å². The number of hydrogen-bond acceptors (Lipinski definition) is 8. The van der Waals surface area contributed by atoms with Gasteiger partial charge in [-0.2, -0.15) is 0 Å². The fourth-order valence-electron chi connectivity index (χ4n) is 4.83. The molecular formula is C47H76NO8P. The molecule has 2 unspecified atom stereocenters. The lowest BCUT2D eigenvalue weighted by molar-refractivity contribution is -0.161. The van der Waals surface area contributed by atoms with E-state index in [9.17, 15) is 19.0 Å². The Morgan fingerprint density at radius 1 is 0.561 bits per heavy atom. The minimum Gasteiger partial charge on any atom is -0.462 e. The van der Waals surface area contributed by atoms with Gasteiger partial charge in [0.15, 0.2) is 6.10 Å². The molecule has 0 spiro atoms. The van der Waals surface area contributed by atoms with Crippen LogP contribution in [0.1, 0.15) is 129 Å². The van der Waals surface area contributed by atoms with Crippen molar-refractivity contribution >= 4 is 19.8 Å². The number of phosphoric acid groups is 1. The maximum Gasteiger partial charge on any atom is 0.472 e. The van der Waals surface area contributed by atoms with Crippen molar-refractivity contribution < 1.29 is 37.6 Å². The van der Waals surface area contributed by atoms with Gasteiger partial charge in [-0.25, -0.2) is 4.57 Å². The van der Waals surface area contributed by atoms with E-state index >= 15 is 0 Å². The molecule has 0 fully saturated rings. The van der Waals surface area contributed by atoms with Gasteiger partial charge in [0.25, 0.3) is 0 Å². The first-order valence-electron chi connectivity index (χ1n) is 21.2. The molecule has 9 nitrogen and oxygen atoms in total. The monoisotopic (exact) mass is 814 g/mol. The first-order chi connectivity index (χ1) is 27.7. The van der Waals surface area contributed by atoms with Gasteiger partial charge in [-0.05, 0) is 104 Å². The molecule has 0 heterocycles. The second-order valence-corrected chi connectivity index (χ2v) is 15.2. The van der Waals surface area contributed by atoms with Gasteiger partial charge in [-0.3, -0.25) is 18.6 Å². The molecule has 0 saturated heterocycles. The summed E-state index contributed by atoms with van der Waals surface area (Å²) < 4.78 is 33.3. The zero-order valence-corrected chi connectivity index (χ0v) is 36.6. The van der Waals surface area contributed by atoms with Crippen molar-refractivity contribution in [1.82, 2.24) is 4.90 Å². The third-order valence-corrected chi connectivity index (χ3v) is 9.06. The summed E-state index contributed by atoms with van der Waals surface area (Å²) in [6, 6.07) is 0. The molecule has 0 saturated carbocycles. The Labute approximate surface area is 346 Å². The van der Waals surface area contributed by atoms with Crippen LogP contribution in [0.15, 0.2) is 109 Å². The fraction of sp³-hybridized carbons (Fsp3) is 0.574. The summed E-state index contributed by atoms with van der Waals surface area (Å²) >= 11 is 0. The third kappa shape index (κ3) is 42.1. The van der Waals surface area contributed by atoms with E-state index in [1.807, 2.05) is 26.2 Å². The van der Waals surface area contributed by atoms with Crippen LogP contribution >= 0.6 is 7.82 Å². The van der Waals surface area contributed by atoms with Crippen molar-refractivity contribution in [2.24, 2.45) is 0 Å². The lowest BCUT2D eigenvalue weighted by atomic mass is 10.1. The summed E-state index contributed by atoms with van der Waals surface area (Å²) in [5, 5.41) is 0. The summed E-state index contributed by atoms with van der Waals surface area (Å²) in [6.45, 7) is 4.01. The topological polar surface area (TPSA) is 112 Å². The van der Waals surface area contributed by atoms with Gasteiger partial charge in [0.05, 0.1) is 13.2 Å². The van der Waals surface area contributed by atoms with Crippen LogP contribution in [0.4, 0.5) is 0 Å². The Kier molecular flexibility index (Phi) is 38.5. The first-order valence-corrected chi connectivity index (χ1v) is 22.7. The molecule has 0 aromatic heterocycles. The summed E-state index contributed by atoms with van der Waals surface area (Å²) in [7, 11) is -0.779. The third-order valence-electron chi connectivity index (χ3n) is 8.08. The number of phosphoric ester groups is 1. The molecule has 322 valence electrons. The molecule has 0 aliphatic heterocycles. The lowest BCUT2D eigenvalue weighted by Crippen LogP contribution is -2.29. The standard InChI is InChI=1S/C47H76NO8P/c1-5-7-9-11-13-15-17-19-21-22-23-24-26-27-29-31-33-35-37-39-46(49)53-43-45(44-55-57(51,52)54-42-41-48(3)4)56-47(50)40-38-36-34-32-30-28-25-20-18-16-14-12-10-8-6-2/h7,9,13-16,19-21,23-25,27,29-30,32-33,35,45H,5-6,8,10-12,17-18,22,26,28,31,34,36-44H2,1-4H3,(H,51,52)/b9-7-,15-13-,16-14-,21-19-,24-23-,25-20-,29-27-,32-30-,35-33-. The Hall–Kier alpha value is -3.33. The van der Waals surface area contributed by atoms with E-state index in [4.69, 9.17) is 18.5 Å². The molecule has 0 radical (unpaired) electrons. The summed E-state index contributed by atoms with van der Waals surface area (Å²) in [6.07, 6.45) is 53.0. The zero-order chi connectivity index (χ0) is 41.9. The van der Waals surface area contributed by atoms with Gasteiger partial charge in [0.1, 0.15) is 6.61 Å². The number of nitrogens with zero attached hydrogens (tertiary/aromatic N) is 1. The largest absolute Gasteiger partial charge is 0.472 e. The highest BCUT2D eigenvalue weighted by Crippen LogP contribution is 2.43. The van der Waals surface area contributed by atoms with Crippen LogP contribution in [0, 0.1) is 0 Å². The molecule has 1 N–H and O–H groups in total. The normalized spacial score (nSPS) is 14.5. The smallest absolute Gasteiger partial charge is 0.462 e. The highest BCUT2D eigenvalue weighted by molar-refractivity contribution is 7.47. The molecule has 0 amide bonds. The van der Waals surface area contributed by atoms with E-state index < -0.39 is 32.5 Å². The minimum atomic E-state index is -4.40. The van der Waals surface area contributed by atoms with Crippen LogP contribution in [-0.2, 0) is 32.7 Å². The van der Waals surface area contributed by atoms with E-state index in [1.165, 1.54) is 19.3 Å². The molecule has 57 heavy (non-hydrogen) atoms. The molecule has 0 aromatic rings. The molecule has 10 heteroatoms. The summed E-state index contributed by atoms with van der Waals surface area (Å²) in [5.74, 6) is -0.959. The van der Waals surface area contributed by atoms with Crippen molar-refractivity contribution in [3.63, 3.8) is 0 Å². The SMILES string of the molecule is CC/C=C\C/C=C\C/C=C\C/C=C\C/C=C\C/C=C\CCC(=O)OCC(COP(=O)(O)OCCN(C)C)OC(=O)CCCC/C=C\C/C=C\C/C=C\CCCCC. The Bertz CT molecular complexity index is 1310. The van der Waals surface area contributed by atoms with Crippen LogP contribution in [0.25, 0.3) is 0 Å². The number of hydrogen-bond donors (Lipinski definition) is 1. The van der Waals surface area contributed by atoms with E-state index in [0.717, 1.165) is 70.6 Å². The number of rotatable bonds is 37. The maximum absolute atomic E-state index is 12.6. The fourth-order valence-corrected chi connectivity index (χ4v) is 5.58. The quantitative estimate of drug-likeness (QED) is 0.0283. The lowest BCUT2D eigenvalue weighted by Gasteiger charge is -2.20. The highest BCUT2D eigenvalue weighted by Gasteiger charge is 2.26. The Morgan fingerprint density at radius 2 is 1.02 bits per heavy atom. The van der Waals surface area contributed by atoms with Crippen molar-refractivity contribution in [3.05, 3.63) is 109 Å². The first kappa shape index (κ1) is 53.7. The molecule has 0 aliphatic carbocycles. The van der Waals surface area contributed by atoms with Crippen molar-refractivity contribution in [2.75, 3.05) is 40.5 Å². The van der Waals surface area contributed by atoms with E-state index in [1.54, 1.807) is 4.90 Å². The van der Waals surface area contributed by atoms with Crippen molar-refractivity contribution in [1.29, 1.82) is 0 Å². The van der Waals surface area contributed by atoms with Crippen LogP contribution in [0.3, 0.4) is 0 Å². The number of ether oxygens (including phenoxy) is 2. The molecule has 0 bridgehead atoms. The number of esters is 2. The van der Waals surface area contributed by atoms with Crippen molar-refractivity contribution in [3.8, 4) is 0 Å². The molecule has 2 atom stereocenters. The minimum absolute atomic E-state index is 0.0178. The molecule has 0 aliphatic rings. The van der Waals surface area contributed by atoms with Crippen LogP contribution in [-0.4, -0.2) is 68.3 Å². The van der Waals surface area contributed by atoms with Crippen LogP contribution in [0.5, 0.6) is 0 Å². The number of carbonyl (C=O) groups excluding carboxylic acids is 2. The predicted octanol–water partition coefficient (Wildman–Crippen LogP) is 12.2. The van der Waals surface area contributed by atoms with E-state index in [2.05, 4.69) is 111 Å². The Morgan fingerprint density at radius 3 is 1.49 bits per heavy atom. The van der Waals surface area contributed by atoms with Gasteiger partial charge < -0.3 is 19.3 Å². The van der Waals surface area contributed by atoms with Crippen LogP contribution < -0.4 is 0 Å². The number of carbonyl (C=O) groups is 2. The molecule has 0 aromatic carbocycles. The van der Waals surface area contributed by atoms with Gasteiger partial charge in [0, 0.05) is 19.4 Å². The van der Waals surface area contributed by atoms with Crippen LogP contribution in [0.2, 0.25) is 0 Å². The highest BCUT2D eigenvalue weighted by atomic mass is 31.2. The molecule has 0 rings (SSSR count). The summed E-state index contributed by atoms with van der Waals surface area (Å²) in [4.78, 5) is 36.9. The zero-order valence-electron chi connectivity index (χ0n) is 35.7. The van der Waals surface area contributed by atoms with Gasteiger partial charge in [-0.1, -0.05) is 136 Å². The molecular weight excluding hydrogens is 737 g/mol. The Balaban J connectivity index is 4.52. The number of likely N-dealkylation sites (N-methyl/N-ethyl adjacent to an activating group) is 1. The predicted molar refractivity (Wildman–Crippen MR) is 238 cm³/mol. The van der Waals surface area contributed by atoms with E-state index in [0.29, 0.717) is 19.4 Å².